The predicted molar refractivity (Wildman–Crippen MR) is 136 cm³/mol. The van der Waals surface area contributed by atoms with Crippen LogP contribution in [0.2, 0.25) is 5.02 Å². The summed E-state index contributed by atoms with van der Waals surface area (Å²) >= 11 is 6.21. The maximum atomic E-state index is 12.6. The molecule has 0 radical (unpaired) electrons. The van der Waals surface area contributed by atoms with Crippen molar-refractivity contribution in [3.8, 4) is 22.3 Å². The number of amides is 1. The lowest BCUT2D eigenvalue weighted by atomic mass is 9.99. The zero-order valence-corrected chi connectivity index (χ0v) is 20.0. The van der Waals surface area contributed by atoms with Crippen molar-refractivity contribution in [1.82, 2.24) is 0 Å². The molecule has 0 fully saturated rings. The van der Waals surface area contributed by atoms with Gasteiger partial charge in [-0.15, -0.1) is 0 Å². The van der Waals surface area contributed by atoms with Gasteiger partial charge in [0.05, 0.1) is 12.1 Å². The van der Waals surface area contributed by atoms with Crippen molar-refractivity contribution in [2.24, 2.45) is 0 Å². The first-order valence-corrected chi connectivity index (χ1v) is 11.4. The molecule has 4 rings (SSSR count). The molecule has 0 spiro atoms. The van der Waals surface area contributed by atoms with Crippen LogP contribution >= 0.6 is 11.6 Å². The molecule has 4 aromatic rings. The average Bonchev–Trinajstić information content (AvgIpc) is 3.19. The number of halogens is 1. The van der Waals surface area contributed by atoms with E-state index in [9.17, 15) is 9.59 Å². The van der Waals surface area contributed by atoms with E-state index in [2.05, 4.69) is 5.32 Å². The number of aryl methyl sites for hydroxylation is 1. The molecule has 7 heteroatoms. The largest absolute Gasteiger partial charge is 0.481 e. The summed E-state index contributed by atoms with van der Waals surface area (Å²) in [5.41, 5.74) is 5.56. The number of carboxylic acid groups (broad SMARTS) is 1. The van der Waals surface area contributed by atoms with E-state index < -0.39 is 18.2 Å². The van der Waals surface area contributed by atoms with Crippen LogP contribution < -0.4 is 5.32 Å². The zero-order chi connectivity index (χ0) is 24.9. The lowest BCUT2D eigenvalue weighted by molar-refractivity contribution is -0.136. The molecule has 0 aliphatic heterocycles. The first-order valence-electron chi connectivity index (χ1n) is 11.0. The second-order valence-corrected chi connectivity index (χ2v) is 8.53. The summed E-state index contributed by atoms with van der Waals surface area (Å²) in [6.45, 7) is 3.53. The van der Waals surface area contributed by atoms with E-state index in [1.54, 1.807) is 26.2 Å². The number of furan rings is 1. The fourth-order valence-corrected chi connectivity index (χ4v) is 4.10. The quantitative estimate of drug-likeness (QED) is 0.280. The molecular weight excluding hydrogens is 466 g/mol. The predicted octanol–water partition coefficient (Wildman–Crippen LogP) is 7.51. The van der Waals surface area contributed by atoms with Gasteiger partial charge in [0.1, 0.15) is 18.1 Å². The summed E-state index contributed by atoms with van der Waals surface area (Å²) in [6.07, 6.45) is 0.453. The van der Waals surface area contributed by atoms with Gasteiger partial charge < -0.3 is 14.3 Å². The van der Waals surface area contributed by atoms with Gasteiger partial charge in [0.2, 0.25) is 0 Å². The molecule has 0 saturated carbocycles. The van der Waals surface area contributed by atoms with Gasteiger partial charge in [-0.25, -0.2) is 4.79 Å². The van der Waals surface area contributed by atoms with Crippen LogP contribution in [0.15, 0.2) is 83.5 Å². The number of aliphatic carboxylic acids is 1. The number of ether oxygens (including phenoxy) is 1. The number of carbonyl (C=O) groups excluding carboxylic acids is 1. The molecule has 2 N–H and O–H groups in total. The fraction of sp³-hybridized carbons (Fsp3) is 0.143. The average molecular weight is 490 g/mol. The maximum Gasteiger partial charge on any atom is 0.412 e. The molecule has 3 aromatic carbocycles. The van der Waals surface area contributed by atoms with E-state index >= 15 is 0 Å². The van der Waals surface area contributed by atoms with Gasteiger partial charge in [0.25, 0.3) is 0 Å². The Morgan fingerprint density at radius 1 is 0.971 bits per heavy atom. The van der Waals surface area contributed by atoms with E-state index in [0.717, 1.165) is 33.4 Å². The van der Waals surface area contributed by atoms with Crippen molar-refractivity contribution in [3.05, 3.63) is 101 Å². The molecule has 0 saturated heterocycles. The SMILES string of the molecule is Cc1occ(-c2ccc(-c3ccc(CC(=O)O)cc3)cc2)c1NC(=O)OC(C)c1ccccc1Cl. The molecule has 0 aliphatic carbocycles. The lowest BCUT2D eigenvalue weighted by Crippen LogP contribution is -2.16. The van der Waals surface area contributed by atoms with Gasteiger partial charge in [-0.3, -0.25) is 10.1 Å². The summed E-state index contributed by atoms with van der Waals surface area (Å²) < 4.78 is 11.1. The number of benzene rings is 3. The van der Waals surface area contributed by atoms with Crippen molar-refractivity contribution >= 4 is 29.4 Å². The van der Waals surface area contributed by atoms with E-state index in [1.807, 2.05) is 66.7 Å². The van der Waals surface area contributed by atoms with Crippen molar-refractivity contribution in [3.63, 3.8) is 0 Å². The Kier molecular flexibility index (Phi) is 7.22. The molecule has 1 unspecified atom stereocenters. The minimum atomic E-state index is -0.857. The van der Waals surface area contributed by atoms with Crippen LogP contribution in [0.1, 0.15) is 29.9 Å². The van der Waals surface area contributed by atoms with E-state index in [1.165, 1.54) is 0 Å². The van der Waals surface area contributed by atoms with Gasteiger partial charge in [-0.05, 0) is 42.2 Å². The normalized spacial score (nSPS) is 11.6. The Hall–Kier alpha value is -4.03. The molecule has 35 heavy (non-hydrogen) atoms. The van der Waals surface area contributed by atoms with Gasteiger partial charge in [-0.2, -0.15) is 0 Å². The molecule has 1 atom stereocenters. The molecular formula is C28H24ClNO5. The smallest absolute Gasteiger partial charge is 0.412 e. The summed E-state index contributed by atoms with van der Waals surface area (Å²) in [4.78, 5) is 23.5. The molecule has 0 aliphatic rings. The Bertz CT molecular complexity index is 1340. The molecule has 6 nitrogen and oxygen atoms in total. The highest BCUT2D eigenvalue weighted by molar-refractivity contribution is 6.31. The molecule has 178 valence electrons. The highest BCUT2D eigenvalue weighted by Gasteiger charge is 2.19. The first kappa shape index (κ1) is 24.1. The van der Waals surface area contributed by atoms with Crippen LogP contribution in [0.4, 0.5) is 10.5 Å². The fourth-order valence-electron chi connectivity index (χ4n) is 3.81. The number of hydrogen-bond acceptors (Lipinski definition) is 4. The van der Waals surface area contributed by atoms with Crippen LogP contribution in [0.3, 0.4) is 0 Å². The van der Waals surface area contributed by atoms with E-state index in [4.69, 9.17) is 25.9 Å². The van der Waals surface area contributed by atoms with Gasteiger partial charge in [0.15, 0.2) is 0 Å². The summed E-state index contributed by atoms with van der Waals surface area (Å²) in [5, 5.41) is 12.3. The minimum Gasteiger partial charge on any atom is -0.481 e. The number of anilines is 1. The standard InChI is InChI=1S/C28H24ClNO5/c1-17(23-5-3-4-6-25(23)29)35-28(33)30-27-18(2)34-16-24(27)22-13-11-21(12-14-22)20-9-7-19(8-10-20)15-26(31)32/h3-14,16-17H,15H2,1-2H3,(H,30,33)(H,31,32). The lowest BCUT2D eigenvalue weighted by Gasteiger charge is -2.16. The second kappa shape index (κ2) is 10.5. The van der Waals surface area contributed by atoms with Crippen LogP contribution in [0, 0.1) is 6.92 Å². The third-order valence-electron chi connectivity index (χ3n) is 5.67. The van der Waals surface area contributed by atoms with Crippen molar-refractivity contribution < 1.29 is 23.8 Å². The third kappa shape index (κ3) is 5.73. The zero-order valence-electron chi connectivity index (χ0n) is 19.2. The number of hydrogen-bond donors (Lipinski definition) is 2. The van der Waals surface area contributed by atoms with E-state index in [-0.39, 0.29) is 6.42 Å². The summed E-state index contributed by atoms with van der Waals surface area (Å²) in [7, 11) is 0. The van der Waals surface area contributed by atoms with Gasteiger partial charge in [-0.1, -0.05) is 78.3 Å². The van der Waals surface area contributed by atoms with Crippen molar-refractivity contribution in [1.29, 1.82) is 0 Å². The van der Waals surface area contributed by atoms with Crippen LogP contribution in [0.5, 0.6) is 0 Å². The highest BCUT2D eigenvalue weighted by Crippen LogP contribution is 2.35. The number of carboxylic acids is 1. The second-order valence-electron chi connectivity index (χ2n) is 8.12. The van der Waals surface area contributed by atoms with Gasteiger partial charge >= 0.3 is 12.1 Å². The maximum absolute atomic E-state index is 12.6. The van der Waals surface area contributed by atoms with Crippen molar-refractivity contribution in [2.45, 2.75) is 26.4 Å². The Morgan fingerprint density at radius 3 is 2.20 bits per heavy atom. The van der Waals surface area contributed by atoms with Crippen LogP contribution in [-0.2, 0) is 16.0 Å². The molecule has 0 bridgehead atoms. The third-order valence-corrected chi connectivity index (χ3v) is 6.01. The Labute approximate surface area is 208 Å². The Morgan fingerprint density at radius 2 is 1.57 bits per heavy atom. The van der Waals surface area contributed by atoms with Crippen molar-refractivity contribution in [2.75, 3.05) is 5.32 Å². The molecule has 1 heterocycles. The number of carbonyl (C=O) groups is 2. The monoisotopic (exact) mass is 489 g/mol. The van der Waals surface area contributed by atoms with Gasteiger partial charge in [0, 0.05) is 16.1 Å². The topological polar surface area (TPSA) is 88.8 Å². The number of rotatable bonds is 7. The van der Waals surface area contributed by atoms with Crippen LogP contribution in [0.25, 0.3) is 22.3 Å². The van der Waals surface area contributed by atoms with Crippen LogP contribution in [-0.4, -0.2) is 17.2 Å². The summed E-state index contributed by atoms with van der Waals surface area (Å²) in [6, 6.07) is 22.5. The highest BCUT2D eigenvalue weighted by atomic mass is 35.5. The number of nitrogens with one attached hydrogen (secondary N) is 1. The molecule has 1 amide bonds. The first-order chi connectivity index (χ1) is 16.8. The minimum absolute atomic E-state index is 0.00552. The Balaban J connectivity index is 1.48. The summed E-state index contributed by atoms with van der Waals surface area (Å²) in [5.74, 6) is -0.301. The van der Waals surface area contributed by atoms with E-state index in [0.29, 0.717) is 16.5 Å². The molecule has 1 aromatic heterocycles.